The highest BCUT2D eigenvalue weighted by atomic mass is 79.9. The molecule has 0 radical (unpaired) electrons. The van der Waals surface area contributed by atoms with E-state index in [0.717, 1.165) is 8.78 Å². The lowest BCUT2D eigenvalue weighted by Crippen LogP contribution is -2.37. The molecular formula is C22H19BrClN3O5S. The second kappa shape index (κ2) is 10.4. The smallest absolute Gasteiger partial charge is 0.271 e. The Hall–Kier alpha value is -2.79. The topological polar surface area (TPSA) is 110 Å². The van der Waals surface area contributed by atoms with Crippen LogP contribution in [0, 0.1) is 17.0 Å². The number of carbonyl (C=O) groups is 1. The summed E-state index contributed by atoms with van der Waals surface area (Å²) in [6, 6.07) is 16.8. The lowest BCUT2D eigenvalue weighted by molar-refractivity contribution is -0.384. The fourth-order valence-electron chi connectivity index (χ4n) is 2.98. The number of nitrogens with zero attached hydrogens (tertiary/aromatic N) is 2. The van der Waals surface area contributed by atoms with E-state index in [4.69, 9.17) is 11.6 Å². The second-order valence-corrected chi connectivity index (χ2v) is 10.4. The van der Waals surface area contributed by atoms with Crippen LogP contribution < -0.4 is 5.32 Å². The monoisotopic (exact) mass is 551 g/mol. The molecule has 1 amide bonds. The number of carbonyl (C=O) groups excluding carboxylic acids is 1. The largest absolute Gasteiger partial charge is 0.324 e. The van der Waals surface area contributed by atoms with E-state index < -0.39 is 27.4 Å². The van der Waals surface area contributed by atoms with E-state index in [0.29, 0.717) is 16.1 Å². The molecule has 172 valence electrons. The number of halogens is 2. The van der Waals surface area contributed by atoms with Gasteiger partial charge in [0.2, 0.25) is 15.9 Å². The number of nitro benzene ring substituents is 1. The van der Waals surface area contributed by atoms with Crippen LogP contribution in [0.3, 0.4) is 0 Å². The molecule has 0 heterocycles. The van der Waals surface area contributed by atoms with Gasteiger partial charge in [-0.15, -0.1) is 0 Å². The average molecular weight is 553 g/mol. The maximum atomic E-state index is 13.3. The number of aryl methyl sites for hydroxylation is 1. The zero-order chi connectivity index (χ0) is 24.2. The number of nitro groups is 1. The first-order valence-corrected chi connectivity index (χ1v) is 12.2. The number of hydrogen-bond donors (Lipinski definition) is 1. The lowest BCUT2D eigenvalue weighted by atomic mass is 10.2. The average Bonchev–Trinajstić information content (AvgIpc) is 2.76. The summed E-state index contributed by atoms with van der Waals surface area (Å²) in [6.45, 7) is 1.13. The zero-order valence-electron chi connectivity index (χ0n) is 17.4. The molecule has 3 rings (SSSR count). The van der Waals surface area contributed by atoms with Crippen molar-refractivity contribution in [1.82, 2.24) is 4.31 Å². The van der Waals surface area contributed by atoms with Crippen molar-refractivity contribution in [2.24, 2.45) is 0 Å². The number of benzene rings is 3. The van der Waals surface area contributed by atoms with Gasteiger partial charge in [-0.2, -0.15) is 4.31 Å². The Bertz CT molecular complexity index is 1280. The third kappa shape index (κ3) is 6.38. The van der Waals surface area contributed by atoms with Gasteiger partial charge in [0, 0.05) is 28.2 Å². The van der Waals surface area contributed by atoms with Crippen LogP contribution in [0.4, 0.5) is 11.4 Å². The van der Waals surface area contributed by atoms with Crippen molar-refractivity contribution in [2.75, 3.05) is 11.9 Å². The molecular weight excluding hydrogens is 534 g/mol. The molecule has 8 nitrogen and oxygen atoms in total. The first kappa shape index (κ1) is 24.8. The molecule has 0 aliphatic heterocycles. The Morgan fingerprint density at radius 3 is 2.33 bits per heavy atom. The highest BCUT2D eigenvalue weighted by molar-refractivity contribution is 9.10. The number of rotatable bonds is 8. The van der Waals surface area contributed by atoms with E-state index in [-0.39, 0.29) is 22.8 Å². The Morgan fingerprint density at radius 1 is 1.09 bits per heavy atom. The fraction of sp³-hybridized carbons (Fsp3) is 0.136. The summed E-state index contributed by atoms with van der Waals surface area (Å²) in [7, 11) is -4.05. The van der Waals surface area contributed by atoms with Crippen molar-refractivity contribution in [3.8, 4) is 0 Å². The molecule has 0 aromatic heterocycles. The number of amides is 1. The maximum absolute atomic E-state index is 13.3. The molecule has 0 saturated heterocycles. The van der Waals surface area contributed by atoms with Crippen LogP contribution in [0.2, 0.25) is 5.02 Å². The first-order valence-electron chi connectivity index (χ1n) is 9.61. The molecule has 3 aromatic carbocycles. The number of anilines is 1. The van der Waals surface area contributed by atoms with E-state index in [1.165, 1.54) is 42.5 Å². The second-order valence-electron chi connectivity index (χ2n) is 7.16. The number of hydrogen-bond acceptors (Lipinski definition) is 5. The summed E-state index contributed by atoms with van der Waals surface area (Å²) in [4.78, 5) is 23.3. The zero-order valence-corrected chi connectivity index (χ0v) is 20.5. The molecule has 11 heteroatoms. The van der Waals surface area contributed by atoms with E-state index in [2.05, 4.69) is 21.2 Å². The fourth-order valence-corrected chi connectivity index (χ4v) is 4.76. The SMILES string of the molecule is Cc1ccc([N+](=O)[O-])cc1NC(=O)CN(Cc1ccc(Br)cc1)S(=O)(=O)c1ccc(Cl)cc1. The summed E-state index contributed by atoms with van der Waals surface area (Å²) < 4.78 is 28.5. The summed E-state index contributed by atoms with van der Waals surface area (Å²) in [5, 5.41) is 14.0. The van der Waals surface area contributed by atoms with Gasteiger partial charge in [0.05, 0.1) is 22.1 Å². The molecule has 0 saturated carbocycles. The van der Waals surface area contributed by atoms with Crippen LogP contribution in [-0.4, -0.2) is 30.1 Å². The molecule has 0 fully saturated rings. The van der Waals surface area contributed by atoms with E-state index in [1.807, 2.05) is 0 Å². The van der Waals surface area contributed by atoms with Gasteiger partial charge in [0.1, 0.15) is 0 Å². The van der Waals surface area contributed by atoms with Gasteiger partial charge in [-0.3, -0.25) is 14.9 Å². The molecule has 0 atom stereocenters. The van der Waals surface area contributed by atoms with Crippen LogP contribution in [-0.2, 0) is 21.4 Å². The van der Waals surface area contributed by atoms with Crippen molar-refractivity contribution in [3.63, 3.8) is 0 Å². The first-order chi connectivity index (χ1) is 15.6. The van der Waals surface area contributed by atoms with Crippen molar-refractivity contribution in [2.45, 2.75) is 18.4 Å². The Kier molecular flexibility index (Phi) is 7.85. The normalized spacial score (nSPS) is 11.4. The molecule has 0 bridgehead atoms. The van der Waals surface area contributed by atoms with Gasteiger partial charge in [0.15, 0.2) is 0 Å². The van der Waals surface area contributed by atoms with Crippen molar-refractivity contribution in [1.29, 1.82) is 0 Å². The highest BCUT2D eigenvalue weighted by Crippen LogP contribution is 2.24. The predicted molar refractivity (Wildman–Crippen MR) is 130 cm³/mol. The molecule has 0 aliphatic rings. The summed E-state index contributed by atoms with van der Waals surface area (Å²) in [6.07, 6.45) is 0. The van der Waals surface area contributed by atoms with Crippen LogP contribution in [0.25, 0.3) is 0 Å². The minimum atomic E-state index is -4.05. The lowest BCUT2D eigenvalue weighted by Gasteiger charge is -2.22. The van der Waals surface area contributed by atoms with Crippen LogP contribution >= 0.6 is 27.5 Å². The van der Waals surface area contributed by atoms with Crippen LogP contribution in [0.1, 0.15) is 11.1 Å². The van der Waals surface area contributed by atoms with E-state index in [9.17, 15) is 23.3 Å². The molecule has 3 aromatic rings. The van der Waals surface area contributed by atoms with E-state index >= 15 is 0 Å². The van der Waals surface area contributed by atoms with Gasteiger partial charge in [-0.1, -0.05) is 45.7 Å². The Labute approximate surface area is 204 Å². The number of sulfonamides is 1. The number of non-ortho nitro benzene ring substituents is 1. The van der Waals surface area contributed by atoms with Gasteiger partial charge in [-0.05, 0) is 54.4 Å². The van der Waals surface area contributed by atoms with Crippen LogP contribution in [0.5, 0.6) is 0 Å². The third-order valence-corrected chi connectivity index (χ3v) is 7.34. The minimum absolute atomic E-state index is 0.0108. The summed E-state index contributed by atoms with van der Waals surface area (Å²) in [5.41, 5.74) is 1.34. The third-order valence-electron chi connectivity index (χ3n) is 4.75. The van der Waals surface area contributed by atoms with Crippen LogP contribution in [0.15, 0.2) is 76.1 Å². The van der Waals surface area contributed by atoms with Gasteiger partial charge >= 0.3 is 0 Å². The minimum Gasteiger partial charge on any atom is -0.324 e. The summed E-state index contributed by atoms with van der Waals surface area (Å²) >= 11 is 9.22. The molecule has 33 heavy (non-hydrogen) atoms. The van der Waals surface area contributed by atoms with Crippen molar-refractivity contribution < 1.29 is 18.1 Å². The Balaban J connectivity index is 1.90. The highest BCUT2D eigenvalue weighted by Gasteiger charge is 2.27. The maximum Gasteiger partial charge on any atom is 0.271 e. The van der Waals surface area contributed by atoms with Crippen molar-refractivity contribution in [3.05, 3.63) is 97.5 Å². The molecule has 1 N–H and O–H groups in total. The predicted octanol–water partition coefficient (Wildman–Crippen LogP) is 5.15. The quantitative estimate of drug-likeness (QED) is 0.307. The summed E-state index contributed by atoms with van der Waals surface area (Å²) in [5.74, 6) is -0.631. The molecule has 0 spiro atoms. The van der Waals surface area contributed by atoms with Gasteiger partial charge < -0.3 is 5.32 Å². The molecule has 0 aliphatic carbocycles. The Morgan fingerprint density at radius 2 is 1.73 bits per heavy atom. The van der Waals surface area contributed by atoms with E-state index in [1.54, 1.807) is 31.2 Å². The molecule has 0 unspecified atom stereocenters. The van der Waals surface area contributed by atoms with Gasteiger partial charge in [0.25, 0.3) is 5.69 Å². The van der Waals surface area contributed by atoms with Gasteiger partial charge in [-0.25, -0.2) is 8.42 Å². The number of nitrogens with one attached hydrogen (secondary N) is 1. The standard InChI is InChI=1S/C22H19BrClN3O5S/c1-15-2-9-19(27(29)30)12-21(15)25-22(28)14-26(13-16-3-5-17(23)6-4-16)33(31,32)20-10-7-18(24)8-11-20/h2-12H,13-14H2,1H3,(H,25,28). The van der Waals surface area contributed by atoms with Crippen molar-refractivity contribution >= 4 is 54.8 Å².